The Morgan fingerprint density at radius 1 is 0.218 bits per heavy atom. The van der Waals surface area contributed by atoms with Gasteiger partial charge in [-0.2, -0.15) is 0 Å². The number of rotatable bonds is 16. The first kappa shape index (κ1) is 72.0. The molecule has 0 N–H and O–H groups in total. The zero-order valence-electron chi connectivity index (χ0n) is 68.5. The van der Waals surface area contributed by atoms with Gasteiger partial charge in [0.15, 0.2) is 5.58 Å². The molecule has 0 aliphatic carbocycles. The highest BCUT2D eigenvalue weighted by Gasteiger charge is 2.32. The molecule has 0 unspecified atom stereocenters. The maximum absolute atomic E-state index is 8.11. The first-order valence-corrected chi connectivity index (χ1v) is 42.7. The summed E-state index contributed by atoms with van der Waals surface area (Å²) >= 11 is 0. The van der Waals surface area contributed by atoms with Crippen LogP contribution in [0.1, 0.15) is 25.3 Å². The summed E-state index contributed by atoms with van der Waals surface area (Å²) in [6, 6.07) is 154. The van der Waals surface area contributed by atoms with Crippen molar-refractivity contribution in [1.82, 2.24) is 0 Å². The zero-order chi connectivity index (χ0) is 82.2. The highest BCUT2D eigenvalue weighted by atomic mass is 16.5. The maximum Gasteiger partial charge on any atom is 0.160 e. The van der Waals surface area contributed by atoms with Crippen molar-refractivity contribution in [3.05, 3.63) is 424 Å². The molecule has 24 rings (SSSR count). The van der Waals surface area contributed by atoms with Crippen molar-refractivity contribution in [2.24, 2.45) is 0 Å². The Morgan fingerprint density at radius 3 is 1.39 bits per heavy atom. The predicted octanol–water partition coefficient (Wildman–Crippen LogP) is 34.0. The molecule has 124 heavy (non-hydrogen) atoms. The van der Waals surface area contributed by atoms with Gasteiger partial charge >= 0.3 is 0 Å². The van der Waals surface area contributed by atoms with Crippen molar-refractivity contribution < 1.29 is 13.6 Å². The van der Waals surface area contributed by atoms with Gasteiger partial charge in [-0.3, -0.25) is 0 Å². The van der Waals surface area contributed by atoms with E-state index in [1.807, 2.05) is 0 Å². The molecule has 0 radical (unpaired) electrons. The molecule has 0 atom stereocenters. The van der Waals surface area contributed by atoms with Crippen molar-refractivity contribution in [2.75, 3.05) is 21.8 Å². The summed E-state index contributed by atoms with van der Waals surface area (Å²) in [6.07, 6.45) is 0. The number of hydrogen-bond acceptors (Lipinski definition) is 6. The van der Waals surface area contributed by atoms with Crippen LogP contribution < -0.4 is 19.4 Å². The molecule has 0 amide bonds. The van der Waals surface area contributed by atoms with Crippen molar-refractivity contribution in [2.45, 2.75) is 19.8 Å². The number of anilines is 9. The van der Waals surface area contributed by atoms with Gasteiger partial charge in [-0.15, -0.1) is 0 Å². The van der Waals surface area contributed by atoms with Gasteiger partial charge in [0.1, 0.15) is 22.5 Å². The van der Waals surface area contributed by atoms with E-state index in [-0.39, 0.29) is 0 Å². The normalized spacial score (nSPS) is 11.9. The lowest BCUT2D eigenvalue weighted by atomic mass is 9.89. The number of furan rings is 2. The minimum Gasteiger partial charge on any atom is -0.497 e. The SMILES string of the molecule is COc1ccc(N(c2cc(-c3ccc4ccccc4c3)cc3ccccc23)c2ccc3oc4c(N(c5ccccc5)c5ccc(C(C)C)cc5)ccc5c6cc(N(c7ccccc7)c7cccc8c(-c9ccccc9)cccc78)cc7oc8c(-c9ccc%10c(ccc%11cc(-c%12ccccc%12-c%12ccc%13ccccc%13c%12)ccc%11%10)c9)ccc(c2c3c45)c8c76)cc1. The predicted molar refractivity (Wildman–Crippen MR) is 524 cm³/mol. The Kier molecular flexibility index (Phi) is 16.9. The summed E-state index contributed by atoms with van der Waals surface area (Å²) in [5.74, 6) is 1.09. The van der Waals surface area contributed by atoms with Crippen LogP contribution in [0.2, 0.25) is 0 Å². The highest BCUT2D eigenvalue weighted by molar-refractivity contribution is 6.40. The van der Waals surface area contributed by atoms with Gasteiger partial charge in [0.05, 0.1) is 35.5 Å². The van der Waals surface area contributed by atoms with Crippen LogP contribution in [0.4, 0.5) is 51.2 Å². The Labute approximate surface area is 717 Å². The smallest absolute Gasteiger partial charge is 0.160 e. The molecular weight excluding hydrogens is 1510 g/mol. The molecular formula is C118H79N3O3. The number of fused-ring (bicyclic) bond motifs is 9. The monoisotopic (exact) mass is 1590 g/mol. The summed E-state index contributed by atoms with van der Waals surface area (Å²) in [6.45, 7) is 4.51. The summed E-state index contributed by atoms with van der Waals surface area (Å²) in [5.41, 5.74) is 24.3. The van der Waals surface area contributed by atoms with Crippen LogP contribution in [-0.2, 0) is 0 Å². The van der Waals surface area contributed by atoms with E-state index in [1.54, 1.807) is 7.11 Å². The lowest BCUT2D eigenvalue weighted by Gasteiger charge is -2.29. The fraction of sp³-hybridized carbons (Fsp3) is 0.0339. The van der Waals surface area contributed by atoms with Crippen molar-refractivity contribution in [3.63, 3.8) is 0 Å². The van der Waals surface area contributed by atoms with Crippen LogP contribution in [0.3, 0.4) is 0 Å². The summed E-state index contributed by atoms with van der Waals surface area (Å²) in [5, 5.41) is 21.9. The molecule has 584 valence electrons. The van der Waals surface area contributed by atoms with E-state index in [4.69, 9.17) is 13.6 Å². The Morgan fingerprint density at radius 2 is 0.702 bits per heavy atom. The number of para-hydroxylation sites is 2. The van der Waals surface area contributed by atoms with Gasteiger partial charge in [-0.05, 0) is 265 Å². The molecule has 2 aromatic heterocycles. The average molecular weight is 1590 g/mol. The van der Waals surface area contributed by atoms with E-state index in [2.05, 4.69) is 447 Å². The van der Waals surface area contributed by atoms with Gasteiger partial charge < -0.3 is 28.3 Å². The van der Waals surface area contributed by atoms with E-state index in [1.165, 1.54) is 65.5 Å². The van der Waals surface area contributed by atoms with Gasteiger partial charge in [0, 0.05) is 72.1 Å². The van der Waals surface area contributed by atoms with E-state index >= 15 is 0 Å². The molecule has 0 fully saturated rings. The Hall–Kier alpha value is -16.0. The number of ether oxygens (including phenoxy) is 1. The maximum atomic E-state index is 8.11. The van der Waals surface area contributed by atoms with Gasteiger partial charge in [-0.25, -0.2) is 0 Å². The number of hydrogen-bond donors (Lipinski definition) is 0. The van der Waals surface area contributed by atoms with E-state index in [0.29, 0.717) is 5.92 Å². The van der Waals surface area contributed by atoms with Crippen molar-refractivity contribution in [1.29, 1.82) is 0 Å². The molecule has 0 spiro atoms. The Bertz CT molecular complexity index is 8380. The average Bonchev–Trinajstić information content (AvgIpc) is 1.51. The van der Waals surface area contributed by atoms with Crippen molar-refractivity contribution >= 4 is 181 Å². The van der Waals surface area contributed by atoms with E-state index < -0.39 is 0 Å². The van der Waals surface area contributed by atoms with Crippen LogP contribution in [0.25, 0.3) is 186 Å². The number of nitrogens with zero attached hydrogens (tertiary/aromatic N) is 3. The lowest BCUT2D eigenvalue weighted by Crippen LogP contribution is -2.11. The van der Waals surface area contributed by atoms with E-state index in [9.17, 15) is 0 Å². The van der Waals surface area contributed by atoms with Crippen LogP contribution in [-0.4, -0.2) is 7.11 Å². The fourth-order valence-electron chi connectivity index (χ4n) is 19.8. The molecule has 24 aromatic rings. The molecule has 0 bridgehead atoms. The zero-order valence-corrected chi connectivity index (χ0v) is 68.5. The third-order valence-electron chi connectivity index (χ3n) is 25.8. The first-order valence-electron chi connectivity index (χ1n) is 42.7. The molecule has 22 aromatic carbocycles. The minimum absolute atomic E-state index is 0.336. The van der Waals surface area contributed by atoms with Crippen LogP contribution in [0, 0.1) is 0 Å². The molecule has 6 nitrogen and oxygen atoms in total. The second kappa shape index (κ2) is 29.2. The second-order valence-electron chi connectivity index (χ2n) is 33.1. The third kappa shape index (κ3) is 11.8. The molecule has 6 heteroatoms. The molecule has 2 heterocycles. The number of benzene rings is 21. The summed E-state index contributed by atoms with van der Waals surface area (Å²) < 4.78 is 22.1. The molecule has 0 aliphatic rings. The summed E-state index contributed by atoms with van der Waals surface area (Å²) in [7, 11) is 1.74. The van der Waals surface area contributed by atoms with Crippen molar-refractivity contribution in [3.8, 4) is 61.4 Å². The fourth-order valence-corrected chi connectivity index (χ4v) is 19.8. The topological polar surface area (TPSA) is 45.2 Å². The minimum atomic E-state index is 0.336. The van der Waals surface area contributed by atoms with Crippen LogP contribution >= 0.6 is 0 Å². The highest BCUT2D eigenvalue weighted by Crippen LogP contribution is 2.57. The van der Waals surface area contributed by atoms with Gasteiger partial charge in [0.25, 0.3) is 0 Å². The summed E-state index contributed by atoms with van der Waals surface area (Å²) in [4.78, 5) is 7.30. The van der Waals surface area contributed by atoms with Crippen LogP contribution in [0.15, 0.2) is 427 Å². The standard InChI is InChI=1S/C118H79N3O3/c1-73(2)74-47-51-90(52-48-74)119(88-30-9-5-10-31-88)108-62-61-103-105-71-92(120(89-32-11-6-12-33-89)106-40-22-38-101-94(37-21-39-102(101)106)77-25-7-4-8-26-77)72-111-113(105)115-104(60-59-100(117(115)124-111)86-50-58-98-84(68-86)46-45-83-67-85(49-57-97(83)98)96-35-20-19-34-95(96)82-44-42-76-24-14-16-28-79(76)66-82)112-107(63-64-110-116(112)114(103)118(108)123-110)121(91-53-55-93(122-3)56-54-91)109-70-87(69-81-29-17-18-36-99(81)109)80-43-41-75-23-13-15-27-78(75)65-80/h4-73H,1-3H3. The van der Waals surface area contributed by atoms with Crippen LogP contribution in [0.5, 0.6) is 5.75 Å². The molecule has 0 saturated heterocycles. The molecule has 0 saturated carbocycles. The number of methoxy groups -OCH3 is 1. The lowest BCUT2D eigenvalue weighted by molar-refractivity contribution is 0.415. The van der Waals surface area contributed by atoms with E-state index in [0.717, 1.165) is 183 Å². The first-order chi connectivity index (χ1) is 61.2. The van der Waals surface area contributed by atoms with Gasteiger partial charge in [-0.1, -0.05) is 293 Å². The molecule has 0 aliphatic heterocycles. The second-order valence-corrected chi connectivity index (χ2v) is 33.1. The van der Waals surface area contributed by atoms with Gasteiger partial charge in [0.2, 0.25) is 0 Å². The third-order valence-corrected chi connectivity index (χ3v) is 25.8. The Balaban J connectivity index is 0.809. The quantitative estimate of drug-likeness (QED) is 0.0899. The largest absolute Gasteiger partial charge is 0.497 e.